The first kappa shape index (κ1) is 5.45. The van der Waals surface area contributed by atoms with Gasteiger partial charge >= 0.3 is 0 Å². The van der Waals surface area contributed by atoms with Gasteiger partial charge in [-0.1, -0.05) is 0 Å². The van der Waals surface area contributed by atoms with Crippen LogP contribution in [0.25, 0.3) is 0 Å². The van der Waals surface area contributed by atoms with Gasteiger partial charge in [0.2, 0.25) is 0 Å². The molecule has 0 unspecified atom stereocenters. The number of rotatable bonds is 0. The van der Waals surface area contributed by atoms with E-state index in [4.69, 9.17) is 4.74 Å². The lowest BCUT2D eigenvalue weighted by molar-refractivity contribution is 0.206. The lowest BCUT2D eigenvalue weighted by Crippen LogP contribution is -2.03. The molecule has 0 fully saturated rings. The molecule has 1 nitrogen and oxygen atoms in total. The van der Waals surface area contributed by atoms with E-state index in [-0.39, 0.29) is 0 Å². The highest BCUT2D eigenvalue weighted by atomic mass is 32.1. The first-order valence-electron chi connectivity index (χ1n) is 2.98. The Labute approximate surface area is 58.3 Å². The van der Waals surface area contributed by atoms with Crippen LogP contribution < -0.4 is 0 Å². The summed E-state index contributed by atoms with van der Waals surface area (Å²) in [5.74, 6) is 0. The van der Waals surface area contributed by atoms with Gasteiger partial charge in [0.25, 0.3) is 0 Å². The van der Waals surface area contributed by atoms with Gasteiger partial charge in [-0.15, -0.1) is 11.3 Å². The highest BCUT2D eigenvalue weighted by molar-refractivity contribution is 7.10. The summed E-state index contributed by atoms with van der Waals surface area (Å²) in [6.45, 7) is 2.70. The fourth-order valence-corrected chi connectivity index (χ4v) is 1.78. The van der Waals surface area contributed by atoms with Gasteiger partial charge in [0.1, 0.15) is 6.61 Å². The standard InChI is InChI=1S/C7H7OS/c1-3-8-5-7-6(1)2-4-9-7/h2,4-5H,1,3H2. The Morgan fingerprint density at radius 3 is 3.44 bits per heavy atom. The van der Waals surface area contributed by atoms with Gasteiger partial charge in [-0.2, -0.15) is 0 Å². The Balaban J connectivity index is 2.39. The molecule has 2 rings (SSSR count). The zero-order chi connectivity index (χ0) is 6.10. The maximum Gasteiger partial charge on any atom is 0.123 e. The van der Waals surface area contributed by atoms with E-state index >= 15 is 0 Å². The van der Waals surface area contributed by atoms with E-state index in [2.05, 4.69) is 11.4 Å². The van der Waals surface area contributed by atoms with Crippen molar-refractivity contribution in [1.82, 2.24) is 0 Å². The molecule has 0 saturated carbocycles. The second-order valence-corrected chi connectivity index (χ2v) is 3.00. The summed E-state index contributed by atoms with van der Waals surface area (Å²) >= 11 is 1.74. The second-order valence-electron chi connectivity index (χ2n) is 2.05. The molecular weight excluding hydrogens is 132 g/mol. The van der Waals surface area contributed by atoms with Gasteiger partial charge in [0.05, 0.1) is 6.61 Å². The van der Waals surface area contributed by atoms with E-state index in [1.54, 1.807) is 11.3 Å². The number of thiophene rings is 1. The van der Waals surface area contributed by atoms with Crippen LogP contribution in [0.4, 0.5) is 0 Å². The van der Waals surface area contributed by atoms with Crippen molar-refractivity contribution in [2.75, 3.05) is 6.61 Å². The summed E-state index contributed by atoms with van der Waals surface area (Å²) < 4.78 is 5.14. The van der Waals surface area contributed by atoms with Crippen LogP contribution >= 0.6 is 11.3 Å². The molecule has 0 aliphatic carbocycles. The summed E-state index contributed by atoms with van der Waals surface area (Å²) in [5, 5.41) is 2.11. The molecule has 9 heavy (non-hydrogen) atoms. The highest BCUT2D eigenvalue weighted by Crippen LogP contribution is 2.22. The van der Waals surface area contributed by atoms with Crippen molar-refractivity contribution < 1.29 is 4.74 Å². The fourth-order valence-electron chi connectivity index (χ4n) is 0.961. The van der Waals surface area contributed by atoms with Crippen LogP contribution in [0.3, 0.4) is 0 Å². The summed E-state index contributed by atoms with van der Waals surface area (Å²) in [4.78, 5) is 1.29. The molecule has 47 valence electrons. The minimum Gasteiger partial charge on any atom is -0.369 e. The molecule has 1 aromatic heterocycles. The molecule has 1 radical (unpaired) electrons. The highest BCUT2D eigenvalue weighted by Gasteiger charge is 2.09. The van der Waals surface area contributed by atoms with E-state index in [0.29, 0.717) is 0 Å². The average Bonchev–Trinajstić information content (AvgIpc) is 2.33. The summed E-state index contributed by atoms with van der Waals surface area (Å²) in [6.07, 6.45) is 1.08. The summed E-state index contributed by atoms with van der Waals surface area (Å²) in [6, 6.07) is 2.17. The van der Waals surface area contributed by atoms with Crippen LogP contribution in [0.1, 0.15) is 10.4 Å². The van der Waals surface area contributed by atoms with Gasteiger partial charge in [-0.05, 0) is 23.4 Å². The lowest BCUT2D eigenvalue weighted by atomic mass is 10.2. The monoisotopic (exact) mass is 139 g/mol. The Morgan fingerprint density at radius 2 is 2.56 bits per heavy atom. The molecule has 2 heteroatoms. The van der Waals surface area contributed by atoms with Crippen LogP contribution in [0, 0.1) is 6.61 Å². The van der Waals surface area contributed by atoms with Crippen molar-refractivity contribution in [2.45, 2.75) is 6.42 Å². The van der Waals surface area contributed by atoms with Crippen molar-refractivity contribution >= 4 is 11.3 Å². The van der Waals surface area contributed by atoms with Crippen molar-refractivity contribution in [2.24, 2.45) is 0 Å². The molecule has 0 spiro atoms. The average molecular weight is 139 g/mol. The summed E-state index contributed by atoms with van der Waals surface area (Å²) in [7, 11) is 0. The van der Waals surface area contributed by atoms with Crippen LogP contribution in [-0.2, 0) is 11.2 Å². The molecule has 1 aromatic rings. The third-order valence-electron chi connectivity index (χ3n) is 1.46. The Hall–Kier alpha value is -0.340. The fraction of sp³-hybridized carbons (Fsp3) is 0.286. The van der Waals surface area contributed by atoms with Crippen molar-refractivity contribution in [3.8, 4) is 0 Å². The lowest BCUT2D eigenvalue weighted by Gasteiger charge is -2.09. The van der Waals surface area contributed by atoms with E-state index in [0.717, 1.165) is 13.0 Å². The van der Waals surface area contributed by atoms with Gasteiger partial charge in [-0.3, -0.25) is 0 Å². The molecule has 0 bridgehead atoms. The number of hydrogen-bond acceptors (Lipinski definition) is 2. The maximum absolute atomic E-state index is 5.14. The molecule has 0 saturated heterocycles. The summed E-state index contributed by atoms with van der Waals surface area (Å²) in [5.41, 5.74) is 1.44. The SMILES string of the molecule is [CH]1OCCc2ccsc21. The Bertz CT molecular complexity index is 184. The quantitative estimate of drug-likeness (QED) is 0.533. The smallest absolute Gasteiger partial charge is 0.123 e. The predicted octanol–water partition coefficient (Wildman–Crippen LogP) is 1.83. The van der Waals surface area contributed by atoms with Crippen molar-refractivity contribution in [1.29, 1.82) is 0 Å². The molecule has 0 aromatic carbocycles. The molecule has 0 N–H and O–H groups in total. The zero-order valence-electron chi connectivity index (χ0n) is 4.96. The van der Waals surface area contributed by atoms with Crippen molar-refractivity contribution in [3.63, 3.8) is 0 Å². The Kier molecular flexibility index (Phi) is 1.28. The molecule has 0 amide bonds. The number of ether oxygens (including phenoxy) is 1. The molecule has 2 heterocycles. The molecular formula is C7H7OS. The second kappa shape index (κ2) is 2.12. The van der Waals surface area contributed by atoms with E-state index in [9.17, 15) is 0 Å². The first-order chi connectivity index (χ1) is 4.47. The van der Waals surface area contributed by atoms with Gasteiger partial charge in [-0.25, -0.2) is 0 Å². The third-order valence-corrected chi connectivity index (χ3v) is 2.34. The first-order valence-corrected chi connectivity index (χ1v) is 3.86. The van der Waals surface area contributed by atoms with Crippen molar-refractivity contribution in [3.05, 3.63) is 28.5 Å². The minimum atomic E-state index is 0.851. The van der Waals surface area contributed by atoms with Gasteiger partial charge < -0.3 is 4.74 Å². The van der Waals surface area contributed by atoms with Crippen LogP contribution in [-0.4, -0.2) is 6.61 Å². The largest absolute Gasteiger partial charge is 0.369 e. The van der Waals surface area contributed by atoms with Gasteiger partial charge in [0, 0.05) is 4.88 Å². The zero-order valence-corrected chi connectivity index (χ0v) is 5.78. The van der Waals surface area contributed by atoms with E-state index in [1.165, 1.54) is 10.4 Å². The number of fused-ring (bicyclic) bond motifs is 1. The normalized spacial score (nSPS) is 17.3. The third kappa shape index (κ3) is 0.884. The van der Waals surface area contributed by atoms with E-state index < -0.39 is 0 Å². The predicted molar refractivity (Wildman–Crippen MR) is 37.4 cm³/mol. The maximum atomic E-state index is 5.14. The number of hydrogen-bond donors (Lipinski definition) is 0. The molecule has 1 aliphatic rings. The van der Waals surface area contributed by atoms with Crippen LogP contribution in [0.2, 0.25) is 0 Å². The van der Waals surface area contributed by atoms with E-state index in [1.807, 2.05) is 6.61 Å². The molecule has 1 aliphatic heterocycles. The van der Waals surface area contributed by atoms with Crippen LogP contribution in [0.15, 0.2) is 11.4 Å². The van der Waals surface area contributed by atoms with Gasteiger partial charge in [0.15, 0.2) is 0 Å². The topological polar surface area (TPSA) is 9.23 Å². The minimum absolute atomic E-state index is 0.851. The van der Waals surface area contributed by atoms with Crippen LogP contribution in [0.5, 0.6) is 0 Å². The Morgan fingerprint density at radius 1 is 1.56 bits per heavy atom. The molecule has 0 atom stereocenters.